The molecule has 0 unspecified atom stereocenters. The molecule has 0 radical (unpaired) electrons. The lowest BCUT2D eigenvalue weighted by molar-refractivity contribution is -0.117. The fraction of sp³-hybridized carbons (Fsp3) is 0.333. The molecule has 1 amide bonds. The van der Waals surface area contributed by atoms with Crippen LogP contribution in [-0.2, 0) is 9.53 Å². The van der Waals surface area contributed by atoms with Crippen LogP contribution in [0.2, 0.25) is 5.02 Å². The quantitative estimate of drug-likeness (QED) is 0.900. The molecule has 0 spiro atoms. The molecule has 92 valence electrons. The second-order valence-electron chi connectivity index (χ2n) is 3.65. The maximum absolute atomic E-state index is 11.2. The number of ether oxygens (including phenoxy) is 1. The highest BCUT2D eigenvalue weighted by Gasteiger charge is 2.16. The molecular formula is C12H14ClNO3. The molecule has 1 atom stereocenters. The van der Waals surface area contributed by atoms with E-state index in [0.717, 1.165) is 5.56 Å². The Labute approximate surface area is 105 Å². The number of alkyl carbamates (subject to hydrolysis) is 1. The maximum atomic E-state index is 11.2. The fourth-order valence-electron chi connectivity index (χ4n) is 1.44. The molecule has 1 aromatic carbocycles. The first kappa shape index (κ1) is 13.5. The van der Waals surface area contributed by atoms with Gasteiger partial charge in [0.25, 0.3) is 0 Å². The molecule has 0 fully saturated rings. The van der Waals surface area contributed by atoms with Crippen LogP contribution >= 0.6 is 11.6 Å². The number of halogens is 1. The lowest BCUT2D eigenvalue weighted by Crippen LogP contribution is -2.29. The standard InChI is InChI=1S/C12H14ClNO3/c1-8(15)7-11(14-12(16)17-2)9-3-5-10(13)6-4-9/h3-6,11H,7H2,1-2H3,(H,14,16)/t11-/m1/s1. The van der Waals surface area contributed by atoms with Crippen LogP contribution in [0, 0.1) is 0 Å². The van der Waals surface area contributed by atoms with Gasteiger partial charge in [0.15, 0.2) is 0 Å². The van der Waals surface area contributed by atoms with E-state index < -0.39 is 12.1 Å². The van der Waals surface area contributed by atoms with Crippen molar-refractivity contribution in [2.75, 3.05) is 7.11 Å². The Morgan fingerprint density at radius 1 is 1.35 bits per heavy atom. The van der Waals surface area contributed by atoms with Gasteiger partial charge in [-0.15, -0.1) is 0 Å². The number of benzene rings is 1. The normalized spacial score (nSPS) is 11.7. The number of Topliss-reactive ketones (excluding diaryl/α,β-unsaturated/α-hetero) is 1. The lowest BCUT2D eigenvalue weighted by atomic mass is 10.0. The zero-order valence-electron chi connectivity index (χ0n) is 9.70. The minimum absolute atomic E-state index is 0.0126. The fourth-order valence-corrected chi connectivity index (χ4v) is 1.56. The van der Waals surface area contributed by atoms with Gasteiger partial charge in [-0.3, -0.25) is 4.79 Å². The molecule has 1 aromatic rings. The number of methoxy groups -OCH3 is 1. The first-order valence-corrected chi connectivity index (χ1v) is 5.50. The van der Waals surface area contributed by atoms with Gasteiger partial charge < -0.3 is 10.1 Å². The Morgan fingerprint density at radius 3 is 2.41 bits per heavy atom. The van der Waals surface area contributed by atoms with Gasteiger partial charge in [0.1, 0.15) is 5.78 Å². The topological polar surface area (TPSA) is 55.4 Å². The second-order valence-corrected chi connectivity index (χ2v) is 4.08. The Hall–Kier alpha value is -1.55. The van der Waals surface area contributed by atoms with E-state index in [1.807, 2.05) is 0 Å². The van der Waals surface area contributed by atoms with E-state index in [2.05, 4.69) is 10.1 Å². The van der Waals surface area contributed by atoms with Crippen molar-refractivity contribution in [1.82, 2.24) is 5.32 Å². The van der Waals surface area contributed by atoms with Crippen molar-refractivity contribution in [1.29, 1.82) is 0 Å². The monoisotopic (exact) mass is 255 g/mol. The molecular weight excluding hydrogens is 242 g/mol. The molecule has 4 nitrogen and oxygen atoms in total. The van der Waals surface area contributed by atoms with Crippen LogP contribution in [-0.4, -0.2) is 19.0 Å². The first-order valence-electron chi connectivity index (χ1n) is 5.12. The van der Waals surface area contributed by atoms with Crippen LogP contribution in [0.3, 0.4) is 0 Å². The van der Waals surface area contributed by atoms with Crippen molar-refractivity contribution >= 4 is 23.5 Å². The third-order valence-electron chi connectivity index (χ3n) is 2.24. The Kier molecular flexibility index (Phi) is 4.97. The number of rotatable bonds is 4. The van der Waals surface area contributed by atoms with Crippen molar-refractivity contribution in [2.45, 2.75) is 19.4 Å². The van der Waals surface area contributed by atoms with Crippen LogP contribution in [0.25, 0.3) is 0 Å². The van der Waals surface area contributed by atoms with Crippen molar-refractivity contribution in [2.24, 2.45) is 0 Å². The van der Waals surface area contributed by atoms with E-state index >= 15 is 0 Å². The van der Waals surface area contributed by atoms with Crippen LogP contribution in [0.15, 0.2) is 24.3 Å². The highest BCUT2D eigenvalue weighted by molar-refractivity contribution is 6.30. The van der Waals surface area contributed by atoms with E-state index in [9.17, 15) is 9.59 Å². The van der Waals surface area contributed by atoms with Crippen LogP contribution in [0.1, 0.15) is 24.9 Å². The highest BCUT2D eigenvalue weighted by Crippen LogP contribution is 2.19. The minimum atomic E-state index is -0.564. The average molecular weight is 256 g/mol. The van der Waals surface area contributed by atoms with E-state index in [-0.39, 0.29) is 12.2 Å². The molecule has 0 saturated heterocycles. The summed E-state index contributed by atoms with van der Waals surface area (Å²) in [5.74, 6) is -0.0126. The number of nitrogens with one attached hydrogen (secondary N) is 1. The largest absolute Gasteiger partial charge is 0.453 e. The summed E-state index contributed by atoms with van der Waals surface area (Å²) < 4.78 is 4.52. The van der Waals surface area contributed by atoms with Crippen molar-refractivity contribution in [3.63, 3.8) is 0 Å². The van der Waals surface area contributed by atoms with Crippen molar-refractivity contribution in [3.8, 4) is 0 Å². The summed E-state index contributed by atoms with van der Waals surface area (Å²) in [5, 5.41) is 3.21. The number of hydrogen-bond donors (Lipinski definition) is 1. The van der Waals surface area contributed by atoms with E-state index in [1.165, 1.54) is 14.0 Å². The summed E-state index contributed by atoms with van der Waals surface area (Å²) in [6.07, 6.45) is -0.345. The van der Waals surface area contributed by atoms with Gasteiger partial charge >= 0.3 is 6.09 Å². The predicted molar refractivity (Wildman–Crippen MR) is 65.0 cm³/mol. The number of hydrogen-bond acceptors (Lipinski definition) is 3. The second kappa shape index (κ2) is 6.25. The molecule has 0 aliphatic rings. The lowest BCUT2D eigenvalue weighted by Gasteiger charge is -2.17. The predicted octanol–water partition coefficient (Wildman–Crippen LogP) is 2.72. The molecule has 0 bridgehead atoms. The summed E-state index contributed by atoms with van der Waals surface area (Å²) in [4.78, 5) is 22.3. The zero-order valence-corrected chi connectivity index (χ0v) is 10.5. The molecule has 0 aromatic heterocycles. The van der Waals surface area contributed by atoms with Gasteiger partial charge in [-0.05, 0) is 24.6 Å². The Bertz CT molecular complexity index is 403. The molecule has 1 N–H and O–H groups in total. The molecule has 0 aliphatic heterocycles. The van der Waals surface area contributed by atoms with E-state index in [1.54, 1.807) is 24.3 Å². The SMILES string of the molecule is COC(=O)N[C@H](CC(C)=O)c1ccc(Cl)cc1. The highest BCUT2D eigenvalue weighted by atomic mass is 35.5. The minimum Gasteiger partial charge on any atom is -0.453 e. The van der Waals surface area contributed by atoms with Gasteiger partial charge in [-0.2, -0.15) is 0 Å². The number of ketones is 1. The van der Waals surface area contributed by atoms with Crippen LogP contribution in [0.4, 0.5) is 4.79 Å². The van der Waals surface area contributed by atoms with Gasteiger partial charge in [-0.1, -0.05) is 23.7 Å². The third-order valence-corrected chi connectivity index (χ3v) is 2.49. The van der Waals surface area contributed by atoms with Crippen LogP contribution in [0.5, 0.6) is 0 Å². The Balaban J connectivity index is 2.85. The maximum Gasteiger partial charge on any atom is 0.407 e. The summed E-state index contributed by atoms with van der Waals surface area (Å²) >= 11 is 5.78. The van der Waals surface area contributed by atoms with Crippen molar-refractivity contribution in [3.05, 3.63) is 34.9 Å². The van der Waals surface area contributed by atoms with Gasteiger partial charge in [0.2, 0.25) is 0 Å². The van der Waals surface area contributed by atoms with E-state index in [0.29, 0.717) is 5.02 Å². The Morgan fingerprint density at radius 2 is 1.94 bits per heavy atom. The number of carbonyl (C=O) groups is 2. The van der Waals surface area contributed by atoms with E-state index in [4.69, 9.17) is 11.6 Å². The summed E-state index contributed by atoms with van der Waals surface area (Å²) in [6.45, 7) is 1.47. The molecule has 0 saturated carbocycles. The number of carbonyl (C=O) groups excluding carboxylic acids is 2. The van der Waals surface area contributed by atoms with Gasteiger partial charge in [0.05, 0.1) is 13.2 Å². The summed E-state index contributed by atoms with van der Waals surface area (Å²) in [7, 11) is 1.28. The van der Waals surface area contributed by atoms with Crippen molar-refractivity contribution < 1.29 is 14.3 Å². The zero-order chi connectivity index (χ0) is 12.8. The first-order chi connectivity index (χ1) is 8.02. The summed E-state index contributed by atoms with van der Waals surface area (Å²) in [6, 6.07) is 6.57. The molecule has 0 aliphatic carbocycles. The third kappa shape index (κ3) is 4.44. The molecule has 1 rings (SSSR count). The van der Waals surface area contributed by atoms with Gasteiger partial charge in [0, 0.05) is 11.4 Å². The average Bonchev–Trinajstić information content (AvgIpc) is 2.28. The number of amides is 1. The van der Waals surface area contributed by atoms with Crippen LogP contribution < -0.4 is 5.32 Å². The van der Waals surface area contributed by atoms with Gasteiger partial charge in [-0.25, -0.2) is 4.79 Å². The smallest absolute Gasteiger partial charge is 0.407 e. The molecule has 17 heavy (non-hydrogen) atoms. The molecule has 0 heterocycles. The molecule has 5 heteroatoms. The summed E-state index contributed by atoms with van der Waals surface area (Å²) in [5.41, 5.74) is 0.815.